The van der Waals surface area contributed by atoms with Crippen LogP contribution in [0.1, 0.15) is 44.1 Å². The molecule has 0 radical (unpaired) electrons. The van der Waals surface area contributed by atoms with E-state index in [1.165, 1.54) is 0 Å². The highest BCUT2D eigenvalue weighted by Gasteiger charge is 2.51. The zero-order valence-corrected chi connectivity index (χ0v) is 17.1. The molecule has 3 fully saturated rings. The number of hydrogen-bond acceptors (Lipinski definition) is 3. The summed E-state index contributed by atoms with van der Waals surface area (Å²) in [5, 5.41) is 0.634. The van der Waals surface area contributed by atoms with Crippen LogP contribution in [0.4, 0.5) is 0 Å². The van der Waals surface area contributed by atoms with Gasteiger partial charge in [0.2, 0.25) is 11.8 Å². The molecule has 0 saturated carbocycles. The minimum Gasteiger partial charge on any atom is -0.381 e. The van der Waals surface area contributed by atoms with Crippen molar-refractivity contribution in [3.63, 3.8) is 0 Å². The van der Waals surface area contributed by atoms with Gasteiger partial charge in [0.1, 0.15) is 6.04 Å². The van der Waals surface area contributed by atoms with Crippen LogP contribution in [0.5, 0.6) is 0 Å². The normalized spacial score (nSPS) is 24.5. The summed E-state index contributed by atoms with van der Waals surface area (Å²) in [5.74, 6) is 0.184. The molecule has 0 N–H and O–H groups in total. The summed E-state index contributed by atoms with van der Waals surface area (Å²) in [5.41, 5.74) is 0.761. The lowest BCUT2D eigenvalue weighted by Crippen LogP contribution is -2.62. The van der Waals surface area contributed by atoms with Crippen molar-refractivity contribution in [2.75, 3.05) is 32.8 Å². The molecule has 0 aromatic heterocycles. The first kappa shape index (κ1) is 19.7. The summed E-state index contributed by atoms with van der Waals surface area (Å²) in [4.78, 5) is 30.7. The fraction of sp³-hybridized carbons (Fsp3) is 0.636. The van der Waals surface area contributed by atoms with E-state index in [0.29, 0.717) is 24.8 Å². The number of piperidine rings is 1. The average Bonchev–Trinajstić information content (AvgIpc) is 3.23. The van der Waals surface area contributed by atoms with Crippen LogP contribution in [-0.2, 0) is 20.7 Å². The molecular formula is C22H29ClN2O3. The van der Waals surface area contributed by atoms with Gasteiger partial charge < -0.3 is 14.5 Å². The zero-order valence-electron chi connectivity index (χ0n) is 16.4. The van der Waals surface area contributed by atoms with Gasteiger partial charge in [-0.15, -0.1) is 0 Å². The van der Waals surface area contributed by atoms with Crippen molar-refractivity contribution in [1.29, 1.82) is 0 Å². The van der Waals surface area contributed by atoms with Crippen molar-refractivity contribution in [2.24, 2.45) is 5.41 Å². The minimum absolute atomic E-state index is 0.0328. The van der Waals surface area contributed by atoms with Crippen molar-refractivity contribution in [3.05, 3.63) is 34.9 Å². The van der Waals surface area contributed by atoms with E-state index >= 15 is 0 Å². The molecule has 3 heterocycles. The molecule has 5 nitrogen and oxygen atoms in total. The van der Waals surface area contributed by atoms with Crippen molar-refractivity contribution >= 4 is 23.4 Å². The predicted octanol–water partition coefficient (Wildman–Crippen LogP) is 3.29. The number of ether oxygens (including phenoxy) is 1. The van der Waals surface area contributed by atoms with E-state index in [1.807, 2.05) is 34.1 Å². The Hall–Kier alpha value is -1.59. The third-order valence-corrected chi connectivity index (χ3v) is 6.91. The smallest absolute Gasteiger partial charge is 0.245 e. The first-order chi connectivity index (χ1) is 13.6. The van der Waals surface area contributed by atoms with Crippen LogP contribution in [0, 0.1) is 5.41 Å². The lowest BCUT2D eigenvalue weighted by molar-refractivity contribution is -0.160. The monoisotopic (exact) mass is 404 g/mol. The van der Waals surface area contributed by atoms with Gasteiger partial charge in [-0.3, -0.25) is 9.59 Å². The van der Waals surface area contributed by atoms with Gasteiger partial charge in [-0.2, -0.15) is 0 Å². The van der Waals surface area contributed by atoms with Crippen LogP contribution in [0.3, 0.4) is 0 Å². The fourth-order valence-electron chi connectivity index (χ4n) is 5.20. The van der Waals surface area contributed by atoms with Gasteiger partial charge in [-0.25, -0.2) is 0 Å². The Kier molecular flexibility index (Phi) is 5.93. The molecule has 6 heteroatoms. The highest BCUT2D eigenvalue weighted by atomic mass is 35.5. The quantitative estimate of drug-likeness (QED) is 0.776. The molecule has 152 valence electrons. The molecule has 28 heavy (non-hydrogen) atoms. The van der Waals surface area contributed by atoms with E-state index in [4.69, 9.17) is 16.3 Å². The summed E-state index contributed by atoms with van der Waals surface area (Å²) in [6.07, 6.45) is 6.08. The van der Waals surface area contributed by atoms with Crippen molar-refractivity contribution < 1.29 is 14.3 Å². The lowest BCUT2D eigenvalue weighted by atomic mass is 9.67. The second-order valence-corrected chi connectivity index (χ2v) is 8.84. The number of halogens is 1. The summed E-state index contributed by atoms with van der Waals surface area (Å²) < 4.78 is 5.61. The van der Waals surface area contributed by atoms with Crippen LogP contribution in [0.25, 0.3) is 0 Å². The van der Waals surface area contributed by atoms with Gasteiger partial charge in [0.15, 0.2) is 0 Å². The Morgan fingerprint density at radius 1 is 1.07 bits per heavy atom. The van der Waals surface area contributed by atoms with Crippen LogP contribution >= 0.6 is 11.6 Å². The Bertz CT molecular complexity index is 721. The second kappa shape index (κ2) is 8.42. The first-order valence-electron chi connectivity index (χ1n) is 10.5. The first-order valence-corrected chi connectivity index (χ1v) is 10.9. The topological polar surface area (TPSA) is 49.9 Å². The maximum Gasteiger partial charge on any atom is 0.245 e. The summed E-state index contributed by atoms with van der Waals surface area (Å²) >= 11 is 6.10. The Labute approximate surface area is 172 Å². The summed E-state index contributed by atoms with van der Waals surface area (Å²) in [6.45, 7) is 3.66. The number of rotatable bonds is 3. The molecule has 1 aromatic rings. The van der Waals surface area contributed by atoms with Crippen molar-refractivity contribution in [2.45, 2.75) is 51.0 Å². The number of carbonyl (C=O) groups excluding carboxylic acids is 2. The van der Waals surface area contributed by atoms with Gasteiger partial charge in [0.05, 0.1) is 6.42 Å². The number of likely N-dealkylation sites (tertiary alicyclic amines) is 2. The molecule has 0 aliphatic carbocycles. The minimum atomic E-state index is -0.352. The van der Waals surface area contributed by atoms with Gasteiger partial charge in [0, 0.05) is 43.3 Å². The molecule has 1 atom stereocenters. The van der Waals surface area contributed by atoms with Gasteiger partial charge >= 0.3 is 0 Å². The Balaban J connectivity index is 1.61. The highest BCUT2D eigenvalue weighted by Crippen LogP contribution is 2.45. The van der Waals surface area contributed by atoms with Gasteiger partial charge in [-0.05, 0) is 56.2 Å². The molecule has 1 spiro atoms. The van der Waals surface area contributed by atoms with Gasteiger partial charge in [0.25, 0.3) is 0 Å². The molecule has 1 aromatic carbocycles. The molecule has 3 aliphatic heterocycles. The maximum absolute atomic E-state index is 13.6. The lowest BCUT2D eigenvalue weighted by Gasteiger charge is -2.51. The Morgan fingerprint density at radius 2 is 1.82 bits per heavy atom. The highest BCUT2D eigenvalue weighted by molar-refractivity contribution is 6.30. The molecule has 4 rings (SSSR count). The van der Waals surface area contributed by atoms with Crippen LogP contribution in [0.15, 0.2) is 24.3 Å². The Morgan fingerprint density at radius 3 is 2.54 bits per heavy atom. The number of nitrogens with zero attached hydrogens (tertiary/aromatic N) is 2. The number of carbonyl (C=O) groups is 2. The van der Waals surface area contributed by atoms with E-state index in [2.05, 4.69) is 0 Å². The van der Waals surface area contributed by atoms with E-state index in [1.54, 1.807) is 0 Å². The largest absolute Gasteiger partial charge is 0.381 e. The summed E-state index contributed by atoms with van der Waals surface area (Å²) in [7, 11) is 0. The second-order valence-electron chi connectivity index (χ2n) is 8.41. The molecule has 3 saturated heterocycles. The SMILES string of the molecule is O=C(C1N(C(=O)Cc2cccc(Cl)c2)CCCC12CCOCC2)N1CCCC1. The van der Waals surface area contributed by atoms with Crippen LogP contribution in [-0.4, -0.2) is 60.5 Å². The summed E-state index contributed by atoms with van der Waals surface area (Å²) in [6, 6.07) is 7.09. The average molecular weight is 405 g/mol. The third-order valence-electron chi connectivity index (χ3n) is 6.67. The van der Waals surface area contributed by atoms with E-state index in [-0.39, 0.29) is 29.7 Å². The number of hydrogen-bond donors (Lipinski definition) is 0. The molecule has 0 bridgehead atoms. The molecule has 2 amide bonds. The zero-order chi connectivity index (χ0) is 19.6. The third kappa shape index (κ3) is 3.92. The van der Waals surface area contributed by atoms with Crippen molar-refractivity contribution in [1.82, 2.24) is 9.80 Å². The van der Waals surface area contributed by atoms with Gasteiger partial charge in [-0.1, -0.05) is 23.7 Å². The van der Waals surface area contributed by atoms with E-state index in [9.17, 15) is 9.59 Å². The maximum atomic E-state index is 13.6. The van der Waals surface area contributed by atoms with E-state index < -0.39 is 0 Å². The molecule has 1 unspecified atom stereocenters. The number of amides is 2. The van der Waals surface area contributed by atoms with Crippen LogP contribution in [0.2, 0.25) is 5.02 Å². The fourth-order valence-corrected chi connectivity index (χ4v) is 5.41. The van der Waals surface area contributed by atoms with E-state index in [0.717, 1.165) is 57.2 Å². The van der Waals surface area contributed by atoms with Crippen molar-refractivity contribution in [3.8, 4) is 0 Å². The standard InChI is InChI=1S/C22H29ClN2O3/c23-18-6-3-5-17(15-18)16-19(26)25-12-4-7-22(8-13-28-14-9-22)20(25)21(27)24-10-1-2-11-24/h3,5-6,15,20H,1-2,4,7-14,16H2. The predicted molar refractivity (Wildman–Crippen MR) is 108 cm³/mol. The molecule has 3 aliphatic rings. The molecular weight excluding hydrogens is 376 g/mol. The van der Waals surface area contributed by atoms with Crippen LogP contribution < -0.4 is 0 Å². The number of benzene rings is 1.